The molecular formula is C18H31Cl3N4O. The number of piperazine rings is 1. The van der Waals surface area contributed by atoms with Crippen LogP contribution in [0.1, 0.15) is 19.8 Å². The zero-order valence-electron chi connectivity index (χ0n) is 15.3. The Bertz CT molecular complexity index is 535. The number of rotatable bonds is 7. The van der Waals surface area contributed by atoms with Crippen molar-refractivity contribution in [1.29, 1.82) is 0 Å². The SMILES string of the molecule is CCN1CCN(c2ccccc2NC(=O)CNCC2CC2)CC1.Cl.Cl.Cl. The van der Waals surface area contributed by atoms with Crippen molar-refractivity contribution >= 4 is 54.5 Å². The molecule has 5 nitrogen and oxygen atoms in total. The van der Waals surface area contributed by atoms with E-state index in [2.05, 4.69) is 33.4 Å². The van der Waals surface area contributed by atoms with Crippen LogP contribution in [0.15, 0.2) is 24.3 Å². The van der Waals surface area contributed by atoms with Crippen molar-refractivity contribution in [1.82, 2.24) is 10.2 Å². The lowest BCUT2D eigenvalue weighted by molar-refractivity contribution is -0.115. The second-order valence-electron chi connectivity index (χ2n) is 6.56. The van der Waals surface area contributed by atoms with Crippen molar-refractivity contribution in [3.8, 4) is 0 Å². The van der Waals surface area contributed by atoms with Crippen molar-refractivity contribution in [2.45, 2.75) is 19.8 Å². The summed E-state index contributed by atoms with van der Waals surface area (Å²) in [5, 5.41) is 6.32. The maximum atomic E-state index is 12.1. The second-order valence-corrected chi connectivity index (χ2v) is 6.56. The highest BCUT2D eigenvalue weighted by atomic mass is 35.5. The number of likely N-dealkylation sites (N-methyl/N-ethyl adjacent to an activating group) is 1. The summed E-state index contributed by atoms with van der Waals surface area (Å²) in [6.07, 6.45) is 2.61. The van der Waals surface area contributed by atoms with E-state index in [1.807, 2.05) is 18.2 Å². The molecule has 1 amide bonds. The molecule has 0 aromatic heterocycles. The third-order valence-corrected chi connectivity index (χ3v) is 4.75. The minimum absolute atomic E-state index is 0. The van der Waals surface area contributed by atoms with E-state index in [1.165, 1.54) is 12.8 Å². The van der Waals surface area contributed by atoms with Gasteiger partial charge in [0.2, 0.25) is 5.91 Å². The summed E-state index contributed by atoms with van der Waals surface area (Å²) in [5.41, 5.74) is 2.06. The zero-order chi connectivity index (χ0) is 16.1. The molecule has 8 heteroatoms. The first kappa shape index (κ1) is 25.3. The lowest BCUT2D eigenvalue weighted by Gasteiger charge is -2.36. The molecule has 2 aliphatic rings. The minimum atomic E-state index is 0. The van der Waals surface area contributed by atoms with Crippen molar-refractivity contribution in [3.63, 3.8) is 0 Å². The van der Waals surface area contributed by atoms with Gasteiger partial charge >= 0.3 is 0 Å². The number of hydrogen-bond donors (Lipinski definition) is 2. The number of carbonyl (C=O) groups excluding carboxylic acids is 1. The van der Waals surface area contributed by atoms with Crippen LogP contribution in [0, 0.1) is 5.92 Å². The average Bonchev–Trinajstić information content (AvgIpc) is 3.40. The van der Waals surface area contributed by atoms with E-state index < -0.39 is 0 Å². The maximum Gasteiger partial charge on any atom is 0.238 e. The smallest absolute Gasteiger partial charge is 0.238 e. The fraction of sp³-hybridized carbons (Fsp3) is 0.611. The van der Waals surface area contributed by atoms with Crippen molar-refractivity contribution in [2.75, 3.05) is 56.0 Å². The van der Waals surface area contributed by atoms with Crippen LogP contribution in [0.5, 0.6) is 0 Å². The van der Waals surface area contributed by atoms with Gasteiger partial charge in [0.15, 0.2) is 0 Å². The Morgan fingerprint density at radius 1 is 1.08 bits per heavy atom. The normalized spacial score (nSPS) is 16.7. The standard InChI is InChI=1S/C18H28N4O.3ClH/c1-2-21-9-11-22(12-10-21)17-6-4-3-5-16(17)20-18(23)14-19-13-15-7-8-15;;;/h3-6,15,19H,2,7-14H2,1H3,(H,20,23);3*1H. The number of para-hydroxylation sites is 2. The molecule has 0 bridgehead atoms. The molecule has 1 saturated heterocycles. The Balaban J connectivity index is 0.00000208. The highest BCUT2D eigenvalue weighted by Gasteiger charge is 2.21. The molecule has 1 heterocycles. The van der Waals surface area contributed by atoms with Crippen LogP contribution >= 0.6 is 37.2 Å². The molecule has 0 spiro atoms. The van der Waals surface area contributed by atoms with Crippen LogP contribution in [-0.4, -0.2) is 56.6 Å². The third-order valence-electron chi connectivity index (χ3n) is 4.75. The van der Waals surface area contributed by atoms with Gasteiger partial charge in [-0.25, -0.2) is 0 Å². The Morgan fingerprint density at radius 2 is 1.73 bits per heavy atom. The van der Waals surface area contributed by atoms with Gasteiger partial charge in [-0.2, -0.15) is 0 Å². The van der Waals surface area contributed by atoms with E-state index in [0.29, 0.717) is 6.54 Å². The summed E-state index contributed by atoms with van der Waals surface area (Å²) < 4.78 is 0. The summed E-state index contributed by atoms with van der Waals surface area (Å²) in [4.78, 5) is 17.0. The quantitative estimate of drug-likeness (QED) is 0.705. The van der Waals surface area contributed by atoms with E-state index in [1.54, 1.807) is 0 Å². The van der Waals surface area contributed by atoms with Gasteiger partial charge in [0.25, 0.3) is 0 Å². The lowest BCUT2D eigenvalue weighted by atomic mass is 10.2. The Hall–Kier alpha value is -0.720. The number of benzene rings is 1. The number of hydrogen-bond acceptors (Lipinski definition) is 4. The van der Waals surface area contributed by atoms with Crippen LogP contribution in [-0.2, 0) is 4.79 Å². The molecule has 26 heavy (non-hydrogen) atoms. The van der Waals surface area contributed by atoms with Crippen LogP contribution in [0.25, 0.3) is 0 Å². The molecule has 150 valence electrons. The summed E-state index contributed by atoms with van der Waals surface area (Å²) in [7, 11) is 0. The molecule has 0 radical (unpaired) electrons. The minimum Gasteiger partial charge on any atom is -0.367 e. The summed E-state index contributed by atoms with van der Waals surface area (Å²) in [5.74, 6) is 0.843. The van der Waals surface area contributed by atoms with E-state index in [0.717, 1.165) is 56.6 Å². The molecule has 1 aliphatic heterocycles. The van der Waals surface area contributed by atoms with Crippen molar-refractivity contribution in [2.24, 2.45) is 5.92 Å². The van der Waals surface area contributed by atoms with Gasteiger partial charge in [-0.1, -0.05) is 19.1 Å². The van der Waals surface area contributed by atoms with E-state index in [-0.39, 0.29) is 43.1 Å². The third kappa shape index (κ3) is 7.49. The Kier molecular flexibility index (Phi) is 12.3. The highest BCUT2D eigenvalue weighted by molar-refractivity contribution is 5.95. The molecule has 0 atom stereocenters. The van der Waals surface area contributed by atoms with Gasteiger partial charge in [-0.3, -0.25) is 4.79 Å². The number of halogens is 3. The molecular weight excluding hydrogens is 395 g/mol. The Morgan fingerprint density at radius 3 is 2.35 bits per heavy atom. The fourth-order valence-electron chi connectivity index (χ4n) is 3.07. The number of nitrogens with zero attached hydrogens (tertiary/aromatic N) is 2. The average molecular weight is 426 g/mol. The molecule has 1 saturated carbocycles. The van der Waals surface area contributed by atoms with Gasteiger partial charge in [-0.15, -0.1) is 37.2 Å². The monoisotopic (exact) mass is 424 g/mol. The number of amides is 1. The largest absolute Gasteiger partial charge is 0.367 e. The molecule has 0 unspecified atom stereocenters. The van der Waals surface area contributed by atoms with Crippen LogP contribution in [0.4, 0.5) is 11.4 Å². The van der Waals surface area contributed by atoms with E-state index in [4.69, 9.17) is 0 Å². The van der Waals surface area contributed by atoms with Crippen molar-refractivity contribution in [3.05, 3.63) is 24.3 Å². The fourth-order valence-corrected chi connectivity index (χ4v) is 3.07. The predicted octanol–water partition coefficient (Wildman–Crippen LogP) is 3.03. The lowest BCUT2D eigenvalue weighted by Crippen LogP contribution is -2.46. The van der Waals surface area contributed by atoms with Gasteiger partial charge in [-0.05, 0) is 44.0 Å². The predicted molar refractivity (Wildman–Crippen MR) is 117 cm³/mol. The maximum absolute atomic E-state index is 12.1. The number of carbonyl (C=O) groups is 1. The van der Waals surface area contributed by atoms with Gasteiger partial charge in [0, 0.05) is 26.2 Å². The van der Waals surface area contributed by atoms with Crippen LogP contribution < -0.4 is 15.5 Å². The molecule has 1 aromatic rings. The van der Waals surface area contributed by atoms with Gasteiger partial charge in [0.1, 0.15) is 0 Å². The summed E-state index contributed by atoms with van der Waals surface area (Å²) in [6.45, 7) is 8.88. The molecule has 2 N–H and O–H groups in total. The van der Waals surface area contributed by atoms with E-state index >= 15 is 0 Å². The zero-order valence-corrected chi connectivity index (χ0v) is 17.7. The first-order valence-electron chi connectivity index (χ1n) is 8.83. The molecule has 1 aromatic carbocycles. The first-order chi connectivity index (χ1) is 11.3. The molecule has 3 rings (SSSR count). The summed E-state index contributed by atoms with van der Waals surface area (Å²) in [6, 6.07) is 8.14. The van der Waals surface area contributed by atoms with E-state index in [9.17, 15) is 4.79 Å². The second kappa shape index (κ2) is 12.6. The molecule has 2 fully saturated rings. The Labute approximate surface area is 175 Å². The van der Waals surface area contributed by atoms with Gasteiger partial charge < -0.3 is 20.4 Å². The number of anilines is 2. The van der Waals surface area contributed by atoms with Gasteiger partial charge in [0.05, 0.1) is 17.9 Å². The first-order valence-corrected chi connectivity index (χ1v) is 8.83. The number of nitrogens with one attached hydrogen (secondary N) is 2. The van der Waals surface area contributed by atoms with Crippen molar-refractivity contribution < 1.29 is 4.79 Å². The van der Waals surface area contributed by atoms with Crippen LogP contribution in [0.2, 0.25) is 0 Å². The molecule has 1 aliphatic carbocycles. The highest BCUT2D eigenvalue weighted by Crippen LogP contribution is 2.28. The van der Waals surface area contributed by atoms with Crippen LogP contribution in [0.3, 0.4) is 0 Å². The summed E-state index contributed by atoms with van der Waals surface area (Å²) >= 11 is 0. The topological polar surface area (TPSA) is 47.6 Å².